The van der Waals surface area contributed by atoms with Crippen LogP contribution in [0, 0.1) is 0 Å². The van der Waals surface area contributed by atoms with Crippen molar-refractivity contribution >= 4 is 33.6 Å². The fourth-order valence-corrected chi connectivity index (χ4v) is 2.47. The summed E-state index contributed by atoms with van der Waals surface area (Å²) in [6.07, 6.45) is 2.68. The molecule has 0 fully saturated rings. The molecule has 1 aromatic carbocycles. The van der Waals surface area contributed by atoms with Gasteiger partial charge >= 0.3 is 0 Å². The summed E-state index contributed by atoms with van der Waals surface area (Å²) in [5, 5.41) is 2.84. The fourth-order valence-electron chi connectivity index (χ4n) is 1.57. The van der Waals surface area contributed by atoms with Crippen molar-refractivity contribution in [2.75, 3.05) is 19.1 Å². The van der Waals surface area contributed by atoms with Crippen LogP contribution in [0.2, 0.25) is 0 Å². The minimum atomic E-state index is -0.453. The van der Waals surface area contributed by atoms with Gasteiger partial charge < -0.3 is 15.8 Å². The lowest BCUT2D eigenvalue weighted by Crippen LogP contribution is -2.40. The Kier molecular flexibility index (Phi) is 7.27. The van der Waals surface area contributed by atoms with Crippen LogP contribution in [0.25, 0.3) is 0 Å². The number of benzene rings is 1. The highest BCUT2D eigenvalue weighted by atomic mass is 79.9. The van der Waals surface area contributed by atoms with Gasteiger partial charge in [0, 0.05) is 16.6 Å². The van der Waals surface area contributed by atoms with Gasteiger partial charge in [-0.05, 0) is 36.6 Å². The molecule has 0 saturated heterocycles. The number of rotatable bonds is 7. The summed E-state index contributed by atoms with van der Waals surface area (Å²) in [5.74, 6) is 1.51. The number of amides is 1. The Labute approximate surface area is 126 Å². The number of hydrogen-bond donors (Lipinski definition) is 2. The van der Waals surface area contributed by atoms with Crippen molar-refractivity contribution < 1.29 is 9.53 Å². The van der Waals surface area contributed by atoms with E-state index in [2.05, 4.69) is 21.2 Å². The Morgan fingerprint density at radius 1 is 1.58 bits per heavy atom. The summed E-state index contributed by atoms with van der Waals surface area (Å²) >= 11 is 5.08. The Balaban J connectivity index is 2.56. The van der Waals surface area contributed by atoms with Gasteiger partial charge in [-0.3, -0.25) is 4.79 Å². The summed E-state index contributed by atoms with van der Waals surface area (Å²) < 4.78 is 6.20. The van der Waals surface area contributed by atoms with Crippen molar-refractivity contribution in [3.05, 3.63) is 28.2 Å². The second-order valence-electron chi connectivity index (χ2n) is 4.06. The fraction of sp³-hybridized carbons (Fsp3) is 0.462. The summed E-state index contributed by atoms with van der Waals surface area (Å²) in [6.45, 7) is 0.411. The average Bonchev–Trinajstić information content (AvgIpc) is 2.42. The predicted octanol–water partition coefficient (Wildman–Crippen LogP) is 2.15. The standard InChI is InChI=1S/C13H19BrN2O2S/c1-18-12-4-3-10(14)7-9(12)8-16-13(17)11(15)5-6-19-2/h3-4,7,11H,5-6,8,15H2,1-2H3,(H,16,17)/t11-/m0/s1. The van der Waals surface area contributed by atoms with E-state index in [1.54, 1.807) is 18.9 Å². The SMILES string of the molecule is COc1ccc(Br)cc1CNC(=O)[C@@H](N)CCSC. The minimum Gasteiger partial charge on any atom is -0.496 e. The van der Waals surface area contributed by atoms with Crippen molar-refractivity contribution in [3.63, 3.8) is 0 Å². The number of halogens is 1. The van der Waals surface area contributed by atoms with E-state index in [9.17, 15) is 4.79 Å². The maximum atomic E-state index is 11.8. The van der Waals surface area contributed by atoms with Gasteiger partial charge in [0.2, 0.25) is 5.91 Å². The molecule has 6 heteroatoms. The van der Waals surface area contributed by atoms with E-state index in [-0.39, 0.29) is 5.91 Å². The predicted molar refractivity (Wildman–Crippen MR) is 83.5 cm³/mol. The molecule has 19 heavy (non-hydrogen) atoms. The van der Waals surface area contributed by atoms with E-state index in [1.165, 1.54) is 0 Å². The molecule has 106 valence electrons. The highest BCUT2D eigenvalue weighted by Gasteiger charge is 2.13. The zero-order valence-corrected chi connectivity index (χ0v) is 13.5. The largest absolute Gasteiger partial charge is 0.496 e. The molecule has 0 aliphatic rings. The smallest absolute Gasteiger partial charge is 0.237 e. The van der Waals surface area contributed by atoms with E-state index in [0.717, 1.165) is 21.5 Å². The van der Waals surface area contributed by atoms with Gasteiger partial charge in [-0.15, -0.1) is 0 Å². The number of nitrogens with two attached hydrogens (primary N) is 1. The molecule has 1 rings (SSSR count). The van der Waals surface area contributed by atoms with Gasteiger partial charge in [0.1, 0.15) is 5.75 Å². The van der Waals surface area contributed by atoms with E-state index in [4.69, 9.17) is 10.5 Å². The zero-order valence-electron chi connectivity index (χ0n) is 11.1. The maximum absolute atomic E-state index is 11.8. The summed E-state index contributed by atoms with van der Waals surface area (Å²) in [6, 6.07) is 5.23. The van der Waals surface area contributed by atoms with E-state index in [1.807, 2.05) is 24.5 Å². The Hall–Kier alpha value is -0.720. The molecule has 0 aromatic heterocycles. The van der Waals surface area contributed by atoms with Crippen molar-refractivity contribution in [2.24, 2.45) is 5.73 Å². The summed E-state index contributed by atoms with van der Waals surface area (Å²) in [4.78, 5) is 11.8. The lowest BCUT2D eigenvalue weighted by molar-refractivity contribution is -0.122. The van der Waals surface area contributed by atoms with Crippen LogP contribution in [0.3, 0.4) is 0 Å². The van der Waals surface area contributed by atoms with Crippen LogP contribution in [0.4, 0.5) is 0 Å². The second-order valence-corrected chi connectivity index (χ2v) is 5.96. The van der Waals surface area contributed by atoms with Gasteiger partial charge in [-0.2, -0.15) is 11.8 Å². The molecule has 0 heterocycles. The minimum absolute atomic E-state index is 0.129. The third-order valence-electron chi connectivity index (χ3n) is 2.67. The topological polar surface area (TPSA) is 64.3 Å². The molecule has 0 spiro atoms. The first-order valence-corrected chi connectivity index (χ1v) is 8.11. The molecule has 3 N–H and O–H groups in total. The lowest BCUT2D eigenvalue weighted by Gasteiger charge is -2.13. The maximum Gasteiger partial charge on any atom is 0.237 e. The number of hydrogen-bond acceptors (Lipinski definition) is 4. The van der Waals surface area contributed by atoms with E-state index in [0.29, 0.717) is 13.0 Å². The zero-order chi connectivity index (χ0) is 14.3. The first-order valence-electron chi connectivity index (χ1n) is 5.93. The molecule has 1 aromatic rings. The number of carbonyl (C=O) groups is 1. The molecular formula is C13H19BrN2O2S. The van der Waals surface area contributed by atoms with Gasteiger partial charge in [0.15, 0.2) is 0 Å². The Bertz CT molecular complexity index is 429. The molecule has 0 aliphatic heterocycles. The third-order valence-corrected chi connectivity index (χ3v) is 3.80. The number of ether oxygens (including phenoxy) is 1. The number of nitrogens with one attached hydrogen (secondary N) is 1. The van der Waals surface area contributed by atoms with Gasteiger partial charge in [-0.1, -0.05) is 15.9 Å². The van der Waals surface area contributed by atoms with Crippen LogP contribution in [0.15, 0.2) is 22.7 Å². The van der Waals surface area contributed by atoms with Crippen LogP contribution in [-0.4, -0.2) is 31.1 Å². The monoisotopic (exact) mass is 346 g/mol. The van der Waals surface area contributed by atoms with Crippen molar-refractivity contribution in [1.29, 1.82) is 0 Å². The summed E-state index contributed by atoms with van der Waals surface area (Å²) in [7, 11) is 1.61. The molecule has 0 saturated carbocycles. The van der Waals surface area contributed by atoms with Crippen molar-refractivity contribution in [3.8, 4) is 5.75 Å². The van der Waals surface area contributed by atoms with Crippen LogP contribution in [0.1, 0.15) is 12.0 Å². The van der Waals surface area contributed by atoms with Gasteiger partial charge in [0.05, 0.1) is 13.2 Å². The normalized spacial score (nSPS) is 12.0. The molecule has 0 radical (unpaired) electrons. The van der Waals surface area contributed by atoms with Gasteiger partial charge in [0.25, 0.3) is 0 Å². The quantitative estimate of drug-likeness (QED) is 0.793. The molecule has 1 amide bonds. The van der Waals surface area contributed by atoms with Gasteiger partial charge in [-0.25, -0.2) is 0 Å². The molecule has 4 nitrogen and oxygen atoms in total. The highest BCUT2D eigenvalue weighted by molar-refractivity contribution is 9.10. The van der Waals surface area contributed by atoms with Crippen LogP contribution in [-0.2, 0) is 11.3 Å². The number of thioether (sulfide) groups is 1. The van der Waals surface area contributed by atoms with Crippen molar-refractivity contribution in [1.82, 2.24) is 5.32 Å². The third kappa shape index (κ3) is 5.42. The number of methoxy groups -OCH3 is 1. The molecular weight excluding hydrogens is 328 g/mol. The molecule has 0 aliphatic carbocycles. The first kappa shape index (κ1) is 16.3. The van der Waals surface area contributed by atoms with Crippen molar-refractivity contribution in [2.45, 2.75) is 19.0 Å². The second kappa shape index (κ2) is 8.45. The Morgan fingerprint density at radius 2 is 2.32 bits per heavy atom. The highest BCUT2D eigenvalue weighted by Crippen LogP contribution is 2.22. The number of carbonyl (C=O) groups excluding carboxylic acids is 1. The summed E-state index contributed by atoms with van der Waals surface area (Å²) in [5.41, 5.74) is 6.72. The van der Waals surface area contributed by atoms with E-state index < -0.39 is 6.04 Å². The van der Waals surface area contributed by atoms with Crippen LogP contribution >= 0.6 is 27.7 Å². The molecule has 1 atom stereocenters. The van der Waals surface area contributed by atoms with Crippen LogP contribution < -0.4 is 15.8 Å². The average molecular weight is 347 g/mol. The molecule has 0 unspecified atom stereocenters. The lowest BCUT2D eigenvalue weighted by atomic mass is 10.2. The van der Waals surface area contributed by atoms with Crippen LogP contribution in [0.5, 0.6) is 5.75 Å². The Morgan fingerprint density at radius 3 is 2.95 bits per heavy atom. The first-order chi connectivity index (χ1) is 9.08. The van der Waals surface area contributed by atoms with E-state index >= 15 is 0 Å². The molecule has 0 bridgehead atoms.